The fourth-order valence-corrected chi connectivity index (χ4v) is 6.50. The first kappa shape index (κ1) is 23.1. The smallest absolute Gasteiger partial charge is 0.244 e. The molecule has 2 aromatic rings. The van der Waals surface area contributed by atoms with Gasteiger partial charge in [-0.1, -0.05) is 61.5 Å². The Morgan fingerprint density at radius 2 is 1.90 bits per heavy atom. The van der Waals surface area contributed by atoms with Crippen molar-refractivity contribution in [2.24, 2.45) is 4.99 Å². The van der Waals surface area contributed by atoms with E-state index in [0.717, 1.165) is 11.3 Å². The molecular weight excluding hydrogens is 442 g/mol. The largest absolute Gasteiger partial charge is 0.366 e. The SMILES string of the molecule is CCN(CC)S(=O)(=O)c1cc(C2(O)CSC(=Nc3ccccc3C)N2C)ccc1Cl. The van der Waals surface area contributed by atoms with Crippen molar-refractivity contribution in [3.8, 4) is 0 Å². The van der Waals surface area contributed by atoms with Crippen LogP contribution in [0.4, 0.5) is 5.69 Å². The lowest BCUT2D eigenvalue weighted by molar-refractivity contribution is -0.0349. The molecule has 1 saturated heterocycles. The second-order valence-corrected chi connectivity index (χ2v) is 10.3. The zero-order valence-corrected chi connectivity index (χ0v) is 19.9. The highest BCUT2D eigenvalue weighted by Crippen LogP contribution is 2.40. The highest BCUT2D eigenvalue weighted by molar-refractivity contribution is 8.14. The van der Waals surface area contributed by atoms with Gasteiger partial charge in [-0.15, -0.1) is 0 Å². The molecule has 9 heteroatoms. The third-order valence-corrected chi connectivity index (χ3v) is 8.99. The molecule has 0 spiro atoms. The maximum atomic E-state index is 13.0. The summed E-state index contributed by atoms with van der Waals surface area (Å²) < 4.78 is 27.4. The maximum Gasteiger partial charge on any atom is 0.244 e. The maximum absolute atomic E-state index is 13.0. The van der Waals surface area contributed by atoms with Crippen molar-refractivity contribution >= 4 is 44.2 Å². The second-order valence-electron chi connectivity index (χ2n) is 7.08. The summed E-state index contributed by atoms with van der Waals surface area (Å²) in [4.78, 5) is 6.38. The molecule has 0 aliphatic carbocycles. The Balaban J connectivity index is 2.01. The summed E-state index contributed by atoms with van der Waals surface area (Å²) >= 11 is 7.67. The van der Waals surface area contributed by atoms with Gasteiger partial charge in [-0.25, -0.2) is 13.4 Å². The number of halogens is 1. The van der Waals surface area contributed by atoms with Crippen LogP contribution in [0.25, 0.3) is 0 Å². The zero-order chi connectivity index (χ0) is 22.1. The van der Waals surface area contributed by atoms with Crippen LogP contribution in [0.2, 0.25) is 5.02 Å². The van der Waals surface area contributed by atoms with E-state index >= 15 is 0 Å². The van der Waals surface area contributed by atoms with E-state index < -0.39 is 15.7 Å². The lowest BCUT2D eigenvalue weighted by Gasteiger charge is -2.32. The molecule has 6 nitrogen and oxygen atoms in total. The number of para-hydroxylation sites is 1. The Hall–Kier alpha value is -1.58. The quantitative estimate of drug-likeness (QED) is 0.689. The third kappa shape index (κ3) is 4.11. The molecule has 0 aromatic heterocycles. The molecule has 1 fully saturated rings. The van der Waals surface area contributed by atoms with Gasteiger partial charge >= 0.3 is 0 Å². The van der Waals surface area contributed by atoms with E-state index in [1.54, 1.807) is 31.9 Å². The molecule has 3 rings (SSSR count). The number of aliphatic hydroxyl groups is 1. The lowest BCUT2D eigenvalue weighted by Crippen LogP contribution is -2.42. The molecule has 1 aliphatic rings. The van der Waals surface area contributed by atoms with Gasteiger partial charge in [0.25, 0.3) is 0 Å². The summed E-state index contributed by atoms with van der Waals surface area (Å²) in [5, 5.41) is 12.3. The summed E-state index contributed by atoms with van der Waals surface area (Å²) in [5.74, 6) is 0.320. The number of nitrogens with zero attached hydrogens (tertiary/aromatic N) is 3. The van der Waals surface area contributed by atoms with Crippen LogP contribution in [0.15, 0.2) is 52.4 Å². The number of hydrogen-bond donors (Lipinski definition) is 1. The monoisotopic (exact) mass is 467 g/mol. The predicted molar refractivity (Wildman–Crippen MR) is 124 cm³/mol. The predicted octanol–water partition coefficient (Wildman–Crippen LogP) is 4.19. The molecule has 0 radical (unpaired) electrons. The number of amidine groups is 1. The van der Waals surface area contributed by atoms with E-state index in [2.05, 4.69) is 0 Å². The molecule has 1 aliphatic heterocycles. The normalized spacial score (nSPS) is 21.0. The van der Waals surface area contributed by atoms with Gasteiger partial charge in [0.15, 0.2) is 10.9 Å². The Morgan fingerprint density at radius 1 is 1.23 bits per heavy atom. The number of benzene rings is 2. The van der Waals surface area contributed by atoms with E-state index in [-0.39, 0.29) is 9.92 Å². The van der Waals surface area contributed by atoms with Crippen LogP contribution >= 0.6 is 23.4 Å². The molecule has 162 valence electrons. The number of rotatable bonds is 6. The number of sulfonamides is 1. The summed E-state index contributed by atoms with van der Waals surface area (Å²) in [6.45, 7) is 6.22. The summed E-state index contributed by atoms with van der Waals surface area (Å²) in [5.41, 5.74) is 0.928. The highest BCUT2D eigenvalue weighted by Gasteiger charge is 2.43. The van der Waals surface area contributed by atoms with Crippen LogP contribution in [0.1, 0.15) is 25.0 Å². The highest BCUT2D eigenvalue weighted by atomic mass is 35.5. The molecule has 30 heavy (non-hydrogen) atoms. The minimum atomic E-state index is -3.76. The van der Waals surface area contributed by atoms with Gasteiger partial charge < -0.3 is 10.0 Å². The van der Waals surface area contributed by atoms with Crippen molar-refractivity contribution in [1.82, 2.24) is 9.21 Å². The number of aryl methyl sites for hydroxylation is 1. The third-order valence-electron chi connectivity index (χ3n) is 5.29. The zero-order valence-electron chi connectivity index (χ0n) is 17.5. The first-order valence-electron chi connectivity index (χ1n) is 9.68. The van der Waals surface area contributed by atoms with Crippen molar-refractivity contribution in [3.05, 3.63) is 58.6 Å². The molecule has 0 saturated carbocycles. The minimum absolute atomic E-state index is 0.00137. The number of thioether (sulfide) groups is 1. The molecule has 1 heterocycles. The standard InChI is InChI=1S/C21H26ClN3O3S2/c1-5-25(6-2)30(27,28)19-13-16(11-12-17(19)22)21(26)14-29-20(24(21)4)23-18-10-8-7-9-15(18)3/h7-13,26H,5-6,14H2,1-4H3. The molecule has 1 N–H and O–H groups in total. The lowest BCUT2D eigenvalue weighted by atomic mass is 10.0. The van der Waals surface area contributed by atoms with E-state index in [9.17, 15) is 13.5 Å². The summed E-state index contributed by atoms with van der Waals surface area (Å²) in [6.07, 6.45) is 0. The van der Waals surface area contributed by atoms with Gasteiger partial charge in [-0.05, 0) is 30.7 Å². The first-order valence-corrected chi connectivity index (χ1v) is 12.5. The Kier molecular flexibility index (Phi) is 6.84. The molecule has 0 amide bonds. The van der Waals surface area contributed by atoms with Crippen molar-refractivity contribution in [3.63, 3.8) is 0 Å². The van der Waals surface area contributed by atoms with Crippen LogP contribution in [-0.4, -0.2) is 53.8 Å². The van der Waals surface area contributed by atoms with Gasteiger partial charge in [0.05, 0.1) is 16.5 Å². The topological polar surface area (TPSA) is 73.2 Å². The van der Waals surface area contributed by atoms with Crippen molar-refractivity contribution in [1.29, 1.82) is 0 Å². The minimum Gasteiger partial charge on any atom is -0.366 e. The van der Waals surface area contributed by atoms with Gasteiger partial charge in [0.2, 0.25) is 10.0 Å². The Labute approximate surface area is 187 Å². The van der Waals surface area contributed by atoms with Crippen LogP contribution in [-0.2, 0) is 15.7 Å². The fraction of sp³-hybridized carbons (Fsp3) is 0.381. The molecule has 1 atom stereocenters. The second kappa shape index (κ2) is 8.88. The summed E-state index contributed by atoms with van der Waals surface area (Å²) in [6, 6.07) is 12.4. The number of aliphatic imine (C=N–C) groups is 1. The Bertz CT molecular complexity index is 1070. The molecule has 0 bridgehead atoms. The van der Waals surface area contributed by atoms with E-state index in [4.69, 9.17) is 16.6 Å². The van der Waals surface area contributed by atoms with Gasteiger partial charge in [-0.3, -0.25) is 0 Å². The van der Waals surface area contributed by atoms with E-state index in [1.807, 2.05) is 31.2 Å². The molecule has 1 unspecified atom stereocenters. The average Bonchev–Trinajstić information content (AvgIpc) is 3.00. The van der Waals surface area contributed by atoms with Crippen LogP contribution in [0.5, 0.6) is 0 Å². The van der Waals surface area contributed by atoms with Gasteiger partial charge in [0, 0.05) is 25.7 Å². The van der Waals surface area contributed by atoms with E-state index in [1.165, 1.54) is 28.2 Å². The van der Waals surface area contributed by atoms with Crippen LogP contribution in [0, 0.1) is 6.92 Å². The molecular formula is C21H26ClN3O3S2. The van der Waals surface area contributed by atoms with Crippen LogP contribution in [0.3, 0.4) is 0 Å². The van der Waals surface area contributed by atoms with Crippen molar-refractivity contribution in [2.75, 3.05) is 25.9 Å². The van der Waals surface area contributed by atoms with E-state index in [0.29, 0.717) is 29.6 Å². The number of hydrogen-bond acceptors (Lipinski definition) is 5. The van der Waals surface area contributed by atoms with Crippen LogP contribution < -0.4 is 0 Å². The Morgan fingerprint density at radius 3 is 2.53 bits per heavy atom. The van der Waals surface area contributed by atoms with Crippen molar-refractivity contribution < 1.29 is 13.5 Å². The average molecular weight is 468 g/mol. The molecule has 2 aromatic carbocycles. The van der Waals surface area contributed by atoms with Gasteiger partial charge in [-0.2, -0.15) is 4.31 Å². The summed E-state index contributed by atoms with van der Waals surface area (Å²) in [7, 11) is -2.01. The fourth-order valence-electron chi connectivity index (χ4n) is 3.35. The van der Waals surface area contributed by atoms with Gasteiger partial charge in [0.1, 0.15) is 4.90 Å². The first-order chi connectivity index (χ1) is 14.1. The van der Waals surface area contributed by atoms with Crippen molar-refractivity contribution in [2.45, 2.75) is 31.4 Å².